The van der Waals surface area contributed by atoms with Gasteiger partial charge in [-0.1, -0.05) is 41.9 Å². The Kier molecular flexibility index (Phi) is 5.41. The zero-order chi connectivity index (χ0) is 15.1. The van der Waals surface area contributed by atoms with Crippen molar-refractivity contribution in [2.45, 2.75) is 6.92 Å². The number of hydrogen-bond donors (Lipinski definition) is 1. The molecule has 1 amide bonds. The second kappa shape index (κ2) is 7.50. The van der Waals surface area contributed by atoms with Crippen LogP contribution in [0.5, 0.6) is 5.75 Å². The molecule has 0 spiro atoms. The molecule has 0 radical (unpaired) electrons. The van der Waals surface area contributed by atoms with Crippen LogP contribution in [0.3, 0.4) is 0 Å². The second-order valence-electron chi connectivity index (χ2n) is 4.50. The molecule has 0 saturated heterocycles. The molecule has 3 nitrogen and oxygen atoms in total. The quantitative estimate of drug-likeness (QED) is 0.894. The van der Waals surface area contributed by atoms with Crippen LogP contribution >= 0.6 is 11.6 Å². The maximum absolute atomic E-state index is 10.9. The van der Waals surface area contributed by atoms with E-state index >= 15 is 0 Å². The monoisotopic (exact) mass is 301 g/mol. The van der Waals surface area contributed by atoms with Gasteiger partial charge < -0.3 is 10.1 Å². The molecule has 0 aliphatic heterocycles. The minimum Gasteiger partial charge on any atom is -0.488 e. The Labute approximate surface area is 129 Å². The minimum absolute atomic E-state index is 0.0995. The lowest BCUT2D eigenvalue weighted by atomic mass is 10.2. The average molecular weight is 302 g/mol. The summed E-state index contributed by atoms with van der Waals surface area (Å²) in [7, 11) is 0. The van der Waals surface area contributed by atoms with Crippen LogP contribution in [-0.4, -0.2) is 12.5 Å². The molecule has 0 heterocycles. The highest BCUT2D eigenvalue weighted by Crippen LogP contribution is 2.18. The van der Waals surface area contributed by atoms with Gasteiger partial charge in [0.1, 0.15) is 12.4 Å². The fourth-order valence-corrected chi connectivity index (χ4v) is 1.94. The Morgan fingerprint density at radius 3 is 2.43 bits per heavy atom. The van der Waals surface area contributed by atoms with Crippen LogP contribution in [0.15, 0.2) is 59.6 Å². The smallest absolute Gasteiger partial charge is 0.221 e. The van der Waals surface area contributed by atoms with Crippen molar-refractivity contribution in [3.63, 3.8) is 0 Å². The maximum atomic E-state index is 10.9. The summed E-state index contributed by atoms with van der Waals surface area (Å²) >= 11 is 6.14. The molecule has 0 unspecified atom stereocenters. The molecule has 108 valence electrons. The Morgan fingerprint density at radius 1 is 1.14 bits per heavy atom. The largest absolute Gasteiger partial charge is 0.488 e. The van der Waals surface area contributed by atoms with Gasteiger partial charge in [-0.3, -0.25) is 4.79 Å². The summed E-state index contributed by atoms with van der Waals surface area (Å²) in [6.07, 6.45) is 1.87. The van der Waals surface area contributed by atoms with Gasteiger partial charge in [0.2, 0.25) is 5.91 Å². The molecule has 0 aliphatic rings. The van der Waals surface area contributed by atoms with E-state index in [4.69, 9.17) is 16.3 Å². The first-order valence-electron chi connectivity index (χ1n) is 6.55. The molecule has 0 fully saturated rings. The average Bonchev–Trinajstić information content (AvgIpc) is 2.47. The molecule has 4 heteroatoms. The fourth-order valence-electron chi connectivity index (χ4n) is 1.76. The Bertz CT molecular complexity index is 621. The predicted octanol–water partition coefficient (Wildman–Crippen LogP) is 4.30. The number of hydrogen-bond acceptors (Lipinski definition) is 2. The van der Waals surface area contributed by atoms with Crippen LogP contribution in [0, 0.1) is 0 Å². The lowest BCUT2D eigenvalue weighted by Gasteiger charge is -2.07. The predicted molar refractivity (Wildman–Crippen MR) is 86.5 cm³/mol. The standard InChI is InChI=1S/C17H16ClNO2/c1-13(20)19-16-7-9-17(10-8-16)21-12-15(18)11-14-5-3-2-4-6-14/h2-11H,12H2,1H3,(H,19,20)/b15-11+. The molecule has 21 heavy (non-hydrogen) atoms. The normalized spacial score (nSPS) is 11.0. The molecular weight excluding hydrogens is 286 g/mol. The van der Waals surface area contributed by atoms with E-state index in [0.717, 1.165) is 11.3 Å². The third-order valence-corrected chi connectivity index (χ3v) is 2.89. The summed E-state index contributed by atoms with van der Waals surface area (Å²) in [6.45, 7) is 1.77. The third-order valence-electron chi connectivity index (χ3n) is 2.67. The van der Waals surface area contributed by atoms with E-state index < -0.39 is 0 Å². The summed E-state index contributed by atoms with van der Waals surface area (Å²) in [6, 6.07) is 17.0. The molecule has 0 saturated carbocycles. The zero-order valence-corrected chi connectivity index (χ0v) is 12.4. The van der Waals surface area contributed by atoms with Crippen LogP contribution in [-0.2, 0) is 4.79 Å². The summed E-state index contributed by atoms with van der Waals surface area (Å²) in [5.74, 6) is 0.598. The van der Waals surface area contributed by atoms with Gasteiger partial charge in [0, 0.05) is 12.6 Å². The van der Waals surface area contributed by atoms with Gasteiger partial charge in [-0.05, 0) is 35.9 Å². The third kappa shape index (κ3) is 5.32. The van der Waals surface area contributed by atoms with Crippen molar-refractivity contribution in [3.05, 3.63) is 65.2 Å². The lowest BCUT2D eigenvalue weighted by molar-refractivity contribution is -0.114. The molecule has 2 aromatic carbocycles. The number of rotatable bonds is 5. The van der Waals surface area contributed by atoms with E-state index in [0.29, 0.717) is 17.4 Å². The number of anilines is 1. The van der Waals surface area contributed by atoms with Gasteiger partial charge in [0.05, 0.1) is 5.03 Å². The summed E-state index contributed by atoms with van der Waals surface area (Å²) in [5, 5.41) is 3.32. The summed E-state index contributed by atoms with van der Waals surface area (Å²) in [5.41, 5.74) is 1.77. The van der Waals surface area contributed by atoms with E-state index in [1.165, 1.54) is 6.92 Å². The van der Waals surface area contributed by atoms with Crippen LogP contribution in [0.25, 0.3) is 6.08 Å². The Hall–Kier alpha value is -2.26. The van der Waals surface area contributed by atoms with E-state index in [9.17, 15) is 4.79 Å². The number of benzene rings is 2. The number of carbonyl (C=O) groups excluding carboxylic acids is 1. The first-order chi connectivity index (χ1) is 10.1. The van der Waals surface area contributed by atoms with Crippen LogP contribution in [0.2, 0.25) is 0 Å². The van der Waals surface area contributed by atoms with E-state index in [1.807, 2.05) is 36.4 Å². The highest BCUT2D eigenvalue weighted by Gasteiger charge is 1.99. The molecule has 0 aliphatic carbocycles. The van der Waals surface area contributed by atoms with Gasteiger partial charge in [-0.2, -0.15) is 0 Å². The topological polar surface area (TPSA) is 38.3 Å². The SMILES string of the molecule is CC(=O)Nc1ccc(OC/C(Cl)=C\c2ccccc2)cc1. The number of ether oxygens (including phenoxy) is 1. The van der Waals surface area contributed by atoms with Crippen LogP contribution < -0.4 is 10.1 Å². The van der Waals surface area contributed by atoms with Gasteiger partial charge in [0.25, 0.3) is 0 Å². The maximum Gasteiger partial charge on any atom is 0.221 e. The molecule has 2 rings (SSSR count). The first kappa shape index (κ1) is 15.1. The van der Waals surface area contributed by atoms with Crippen molar-refractivity contribution >= 4 is 29.3 Å². The Morgan fingerprint density at radius 2 is 1.81 bits per heavy atom. The number of nitrogens with one attached hydrogen (secondary N) is 1. The summed E-state index contributed by atoms with van der Waals surface area (Å²) in [4.78, 5) is 10.9. The number of halogens is 1. The lowest BCUT2D eigenvalue weighted by Crippen LogP contribution is -2.05. The molecular formula is C17H16ClNO2. The molecule has 2 aromatic rings. The molecule has 0 aromatic heterocycles. The van der Waals surface area contributed by atoms with Crippen molar-refractivity contribution in [2.75, 3.05) is 11.9 Å². The molecule has 0 bridgehead atoms. The molecule has 1 N–H and O–H groups in total. The van der Waals surface area contributed by atoms with Gasteiger partial charge in [0.15, 0.2) is 0 Å². The van der Waals surface area contributed by atoms with E-state index in [1.54, 1.807) is 24.3 Å². The van der Waals surface area contributed by atoms with Gasteiger partial charge in [-0.25, -0.2) is 0 Å². The highest BCUT2D eigenvalue weighted by molar-refractivity contribution is 6.31. The van der Waals surface area contributed by atoms with Crippen molar-refractivity contribution in [2.24, 2.45) is 0 Å². The summed E-state index contributed by atoms with van der Waals surface area (Å²) < 4.78 is 5.59. The second-order valence-corrected chi connectivity index (χ2v) is 4.98. The van der Waals surface area contributed by atoms with Gasteiger partial charge in [-0.15, -0.1) is 0 Å². The van der Waals surface area contributed by atoms with Crippen LogP contribution in [0.4, 0.5) is 5.69 Å². The van der Waals surface area contributed by atoms with Crippen molar-refractivity contribution in [1.82, 2.24) is 0 Å². The van der Waals surface area contributed by atoms with E-state index in [2.05, 4.69) is 5.32 Å². The highest BCUT2D eigenvalue weighted by atomic mass is 35.5. The molecule has 0 atom stereocenters. The zero-order valence-electron chi connectivity index (χ0n) is 11.7. The Balaban J connectivity index is 1.90. The van der Waals surface area contributed by atoms with E-state index in [-0.39, 0.29) is 5.91 Å². The first-order valence-corrected chi connectivity index (χ1v) is 6.93. The number of carbonyl (C=O) groups is 1. The van der Waals surface area contributed by atoms with Crippen molar-refractivity contribution in [3.8, 4) is 5.75 Å². The van der Waals surface area contributed by atoms with Crippen molar-refractivity contribution in [1.29, 1.82) is 0 Å². The fraction of sp³-hybridized carbons (Fsp3) is 0.118. The van der Waals surface area contributed by atoms with Crippen LogP contribution in [0.1, 0.15) is 12.5 Å². The van der Waals surface area contributed by atoms with Gasteiger partial charge >= 0.3 is 0 Å². The van der Waals surface area contributed by atoms with Crippen molar-refractivity contribution < 1.29 is 9.53 Å². The minimum atomic E-state index is -0.0995. The number of amides is 1.